The molecule has 138 valence electrons. The van der Waals surface area contributed by atoms with Gasteiger partial charge in [-0.1, -0.05) is 29.8 Å². The molecule has 0 atom stereocenters. The second-order valence-corrected chi connectivity index (χ2v) is 8.97. The summed E-state index contributed by atoms with van der Waals surface area (Å²) in [5.41, 5.74) is 9.38. The molecule has 8 heteroatoms. The summed E-state index contributed by atoms with van der Waals surface area (Å²) in [6, 6.07) is 13.3. The second kappa shape index (κ2) is 7.78. The van der Waals surface area contributed by atoms with Crippen molar-refractivity contribution >= 4 is 61.5 Å². The average molecular weight is 442 g/mol. The van der Waals surface area contributed by atoms with Gasteiger partial charge in [-0.2, -0.15) is 5.26 Å². The number of nitrogen functional groups attached to an aromatic ring is 1. The van der Waals surface area contributed by atoms with Crippen LogP contribution in [-0.4, -0.2) is 5.91 Å². The molecule has 3 aromatic heterocycles. The Morgan fingerprint density at radius 3 is 2.50 bits per heavy atom. The number of halogens is 1. The molecule has 0 saturated carbocycles. The molecule has 0 spiro atoms. The van der Waals surface area contributed by atoms with Crippen LogP contribution in [0.4, 0.5) is 10.0 Å². The Hall–Kier alpha value is -2.63. The standard InChI is InChI=1S/C20H12ClN3OS3/c21-12-5-3-11(4-6-12)14-9-27-18(23)17(14)19(25)24-20-13(8-22)15(10-28-20)16-2-1-7-26-16/h1-7,9-10H,23H2,(H,24,25). The highest BCUT2D eigenvalue weighted by Crippen LogP contribution is 2.39. The van der Waals surface area contributed by atoms with Crippen molar-refractivity contribution < 1.29 is 4.79 Å². The van der Waals surface area contributed by atoms with Crippen LogP contribution in [0, 0.1) is 11.3 Å². The lowest BCUT2D eigenvalue weighted by molar-refractivity contribution is 0.102. The van der Waals surface area contributed by atoms with E-state index in [0.717, 1.165) is 21.6 Å². The van der Waals surface area contributed by atoms with Crippen LogP contribution in [-0.2, 0) is 0 Å². The summed E-state index contributed by atoms with van der Waals surface area (Å²) in [5.74, 6) is -0.334. The molecule has 0 saturated heterocycles. The van der Waals surface area contributed by atoms with E-state index in [1.807, 2.05) is 40.4 Å². The van der Waals surface area contributed by atoms with Crippen LogP contribution in [0.15, 0.2) is 52.5 Å². The summed E-state index contributed by atoms with van der Waals surface area (Å²) < 4.78 is 0. The first-order chi connectivity index (χ1) is 13.6. The normalized spacial score (nSPS) is 10.6. The Balaban J connectivity index is 1.68. The maximum absolute atomic E-state index is 13.0. The number of rotatable bonds is 4. The predicted molar refractivity (Wildman–Crippen MR) is 119 cm³/mol. The number of hydrogen-bond donors (Lipinski definition) is 2. The highest BCUT2D eigenvalue weighted by atomic mass is 35.5. The number of carbonyl (C=O) groups is 1. The largest absolute Gasteiger partial charge is 0.390 e. The van der Waals surface area contributed by atoms with E-state index in [0.29, 0.717) is 26.2 Å². The Kier molecular flexibility index (Phi) is 5.20. The first-order valence-corrected chi connectivity index (χ1v) is 11.1. The van der Waals surface area contributed by atoms with E-state index in [1.165, 1.54) is 22.7 Å². The zero-order chi connectivity index (χ0) is 19.7. The summed E-state index contributed by atoms with van der Waals surface area (Å²) in [5, 5.41) is 19.7. The van der Waals surface area contributed by atoms with Crippen LogP contribution in [0.2, 0.25) is 5.02 Å². The zero-order valence-corrected chi connectivity index (χ0v) is 17.4. The number of nitrogens with two attached hydrogens (primary N) is 1. The highest BCUT2D eigenvalue weighted by Gasteiger charge is 2.22. The van der Waals surface area contributed by atoms with Crippen molar-refractivity contribution in [2.45, 2.75) is 0 Å². The number of hydrogen-bond acceptors (Lipinski definition) is 6. The third-order valence-electron chi connectivity index (χ3n) is 4.12. The van der Waals surface area contributed by atoms with Crippen molar-refractivity contribution in [1.29, 1.82) is 5.26 Å². The summed E-state index contributed by atoms with van der Waals surface area (Å²) in [7, 11) is 0. The second-order valence-electron chi connectivity index (χ2n) is 5.79. The number of nitriles is 1. The summed E-state index contributed by atoms with van der Waals surface area (Å²) in [6.45, 7) is 0. The van der Waals surface area contributed by atoms with E-state index in [2.05, 4.69) is 11.4 Å². The molecule has 4 nitrogen and oxygen atoms in total. The Labute approximate surface area is 178 Å². The molecule has 0 radical (unpaired) electrons. The lowest BCUT2D eigenvalue weighted by atomic mass is 10.0. The van der Waals surface area contributed by atoms with Gasteiger partial charge in [-0.15, -0.1) is 34.0 Å². The van der Waals surface area contributed by atoms with Gasteiger partial charge in [0.05, 0.1) is 16.1 Å². The molecule has 3 heterocycles. The number of nitrogens with zero attached hydrogens (tertiary/aromatic N) is 1. The van der Waals surface area contributed by atoms with Gasteiger partial charge in [0.25, 0.3) is 5.91 Å². The van der Waals surface area contributed by atoms with Crippen LogP contribution in [0.3, 0.4) is 0 Å². The fourth-order valence-corrected chi connectivity index (χ4v) is 5.46. The maximum Gasteiger partial charge on any atom is 0.259 e. The lowest BCUT2D eigenvalue weighted by Gasteiger charge is -2.07. The van der Waals surface area contributed by atoms with E-state index >= 15 is 0 Å². The SMILES string of the molecule is N#Cc1c(-c2cccs2)csc1NC(=O)c1c(-c2ccc(Cl)cc2)csc1N. The molecule has 28 heavy (non-hydrogen) atoms. The summed E-state index contributed by atoms with van der Waals surface area (Å²) in [6.07, 6.45) is 0. The number of benzene rings is 1. The third kappa shape index (κ3) is 3.43. The molecule has 1 aromatic carbocycles. The van der Waals surface area contributed by atoms with E-state index in [4.69, 9.17) is 17.3 Å². The first-order valence-electron chi connectivity index (χ1n) is 8.08. The smallest absolute Gasteiger partial charge is 0.259 e. The lowest BCUT2D eigenvalue weighted by Crippen LogP contribution is -2.13. The van der Waals surface area contributed by atoms with Gasteiger partial charge in [-0.25, -0.2) is 0 Å². The molecule has 4 rings (SSSR count). The molecule has 0 unspecified atom stereocenters. The number of carbonyl (C=O) groups excluding carboxylic acids is 1. The molecule has 0 aliphatic rings. The Bertz CT molecular complexity index is 1180. The van der Waals surface area contributed by atoms with Crippen molar-refractivity contribution in [2.75, 3.05) is 11.1 Å². The minimum Gasteiger partial charge on any atom is -0.390 e. The molecule has 0 bridgehead atoms. The van der Waals surface area contributed by atoms with Gasteiger partial charge < -0.3 is 11.1 Å². The number of nitrogens with one attached hydrogen (secondary N) is 1. The molecule has 0 aliphatic heterocycles. The Morgan fingerprint density at radius 2 is 1.82 bits per heavy atom. The minimum atomic E-state index is -0.334. The van der Waals surface area contributed by atoms with Crippen molar-refractivity contribution in [3.63, 3.8) is 0 Å². The van der Waals surface area contributed by atoms with Crippen molar-refractivity contribution in [3.8, 4) is 27.6 Å². The fraction of sp³-hybridized carbons (Fsp3) is 0. The monoisotopic (exact) mass is 441 g/mol. The van der Waals surface area contributed by atoms with Crippen molar-refractivity contribution in [3.05, 3.63) is 68.7 Å². The Morgan fingerprint density at radius 1 is 1.07 bits per heavy atom. The topological polar surface area (TPSA) is 78.9 Å². The van der Waals surface area contributed by atoms with Gasteiger partial charge in [0, 0.05) is 31.8 Å². The predicted octanol–water partition coefficient (Wildman–Crippen LogP) is 6.56. The number of anilines is 2. The molecule has 0 fully saturated rings. The van der Waals surface area contributed by atoms with Crippen LogP contribution in [0.5, 0.6) is 0 Å². The van der Waals surface area contributed by atoms with E-state index in [9.17, 15) is 10.1 Å². The third-order valence-corrected chi connectivity index (χ3v) is 6.98. The summed E-state index contributed by atoms with van der Waals surface area (Å²) >= 11 is 10.2. The van der Waals surface area contributed by atoms with E-state index in [1.54, 1.807) is 23.5 Å². The van der Waals surface area contributed by atoms with Crippen molar-refractivity contribution in [2.24, 2.45) is 0 Å². The average Bonchev–Trinajstić information content (AvgIpc) is 3.41. The van der Waals surface area contributed by atoms with E-state index < -0.39 is 0 Å². The fourth-order valence-electron chi connectivity index (χ4n) is 2.79. The molecule has 3 N–H and O–H groups in total. The maximum atomic E-state index is 13.0. The van der Waals surface area contributed by atoms with Gasteiger partial charge in [0.2, 0.25) is 0 Å². The molecular weight excluding hydrogens is 430 g/mol. The van der Waals surface area contributed by atoms with E-state index in [-0.39, 0.29) is 5.91 Å². The number of amides is 1. The van der Waals surface area contributed by atoms with Gasteiger partial charge in [0.1, 0.15) is 11.1 Å². The van der Waals surface area contributed by atoms with Crippen LogP contribution in [0.1, 0.15) is 15.9 Å². The van der Waals surface area contributed by atoms with Crippen LogP contribution < -0.4 is 11.1 Å². The van der Waals surface area contributed by atoms with Crippen molar-refractivity contribution in [1.82, 2.24) is 0 Å². The summed E-state index contributed by atoms with van der Waals surface area (Å²) in [4.78, 5) is 14.0. The molecular formula is C20H12ClN3OS3. The minimum absolute atomic E-state index is 0.334. The number of thiophene rings is 3. The first kappa shape index (κ1) is 18.7. The molecule has 4 aromatic rings. The molecule has 0 aliphatic carbocycles. The van der Waals surface area contributed by atoms with Gasteiger partial charge in [-0.3, -0.25) is 4.79 Å². The van der Waals surface area contributed by atoms with Gasteiger partial charge >= 0.3 is 0 Å². The van der Waals surface area contributed by atoms with Gasteiger partial charge in [0.15, 0.2) is 0 Å². The quantitative estimate of drug-likeness (QED) is 0.376. The van der Waals surface area contributed by atoms with Crippen LogP contribution in [0.25, 0.3) is 21.6 Å². The zero-order valence-electron chi connectivity index (χ0n) is 14.2. The highest BCUT2D eigenvalue weighted by molar-refractivity contribution is 7.17. The molecule has 1 amide bonds. The van der Waals surface area contributed by atoms with Crippen LogP contribution >= 0.6 is 45.6 Å². The van der Waals surface area contributed by atoms with Gasteiger partial charge in [-0.05, 0) is 29.1 Å².